The van der Waals surface area contributed by atoms with E-state index < -0.39 is 46.4 Å². The molecule has 0 bridgehead atoms. The lowest BCUT2D eigenvalue weighted by Crippen LogP contribution is -2.48. The number of piperidine rings is 1. The lowest BCUT2D eigenvalue weighted by molar-refractivity contribution is -0.142. The first-order valence-electron chi connectivity index (χ1n) is 37.1. The van der Waals surface area contributed by atoms with Gasteiger partial charge in [-0.25, -0.2) is 38.3 Å². The van der Waals surface area contributed by atoms with Crippen LogP contribution in [0.3, 0.4) is 0 Å². The summed E-state index contributed by atoms with van der Waals surface area (Å²) in [5.74, 6) is 1.18. The number of aliphatic carboxylic acids is 1. The molecule has 13 rings (SSSR count). The SMILES string of the molecule is [C-]#[N+]c1c(C(=O)OC2C(C)CC(C)CC2C)c2nc(-c3ccc(N4CCC(C(=O)O)CC4)c(NS(=O)Oc4cc(C)ccc4C)c3)[nH]n2c1Sc1cc(C)ccc1C.[C-]#[N+]c1c(C(=O)OC2C(C)CC(C)CC2C)c2nc(-c3ccc(N4CCN(C(C)=O)CC4)c(NS(=O)Oc4cc(C)ccc4CC)c3)[nH]n2c1Cl. The van der Waals surface area contributed by atoms with Crippen molar-refractivity contribution in [2.45, 2.75) is 157 Å². The van der Waals surface area contributed by atoms with Crippen LogP contribution in [0.25, 0.3) is 43.8 Å². The number of aromatic nitrogens is 6. The maximum Gasteiger partial charge on any atom is 0.331 e. The average Bonchev–Trinajstić information content (AvgIpc) is 1.59. The van der Waals surface area contributed by atoms with Crippen molar-refractivity contribution in [3.8, 4) is 34.3 Å². The topological polar surface area (TPSA) is 268 Å². The van der Waals surface area contributed by atoms with Crippen molar-refractivity contribution in [2.75, 3.05) is 58.5 Å². The number of rotatable bonds is 20. The van der Waals surface area contributed by atoms with Crippen molar-refractivity contribution in [2.24, 2.45) is 41.4 Å². The summed E-state index contributed by atoms with van der Waals surface area (Å²) in [4.78, 5) is 76.0. The first-order valence-corrected chi connectivity index (χ1v) is 40.5. The van der Waals surface area contributed by atoms with Crippen LogP contribution in [0.2, 0.25) is 5.15 Å². The van der Waals surface area contributed by atoms with Crippen LogP contribution in [0.4, 0.5) is 34.1 Å². The maximum absolute atomic E-state index is 14.3. The molecule has 574 valence electrons. The number of fused-ring (bicyclic) bond motifs is 2. The Kier molecular flexibility index (Phi) is 24.3. The zero-order valence-electron chi connectivity index (χ0n) is 63.7. The number of benzene rings is 5. The fourth-order valence-corrected chi connectivity index (χ4v) is 18.8. The maximum atomic E-state index is 14.3. The molecule has 2 aliphatic carbocycles. The van der Waals surface area contributed by atoms with Crippen molar-refractivity contribution in [1.82, 2.24) is 34.1 Å². The number of nitrogens with zero attached hydrogens (tertiary/aromatic N) is 9. The molecule has 0 radical (unpaired) electrons. The number of anilines is 4. The van der Waals surface area contributed by atoms with Gasteiger partial charge in [-0.1, -0.05) is 108 Å². The molecule has 6 heterocycles. The molecule has 1 amide bonds. The van der Waals surface area contributed by atoms with Crippen molar-refractivity contribution < 1.29 is 50.5 Å². The molecule has 2 saturated heterocycles. The fraction of sp³-hybridized carbons (Fsp3) is 0.432. The minimum Gasteiger partial charge on any atom is -0.481 e. The minimum absolute atomic E-state index is 0.0194. The standard InChI is InChI=1S/C44H50N6O6S2.C37H44ClN7O5S/c1-24-9-11-27(4)35(21-24)56-58(54)48-33-23-32(13-14-34(33)49-17-15-31(16-18-49)43(51)52)40-46-41-37(44(53)55-39-29(6)19-26(3)20-30(39)7)38(45-8)42(50(41)47-40)57-36-22-25(2)10-12-28(36)5;1-8-26-10-9-21(2)19-30(26)50-51(48)42-28-20-27(11-12-29(28)44-15-13-43(14-16-44)25(6)46)35-40-36-31(32(39-7)34(38)45(36)41-35)37(47)49-33-23(4)17-22(3)18-24(33)5/h9-14,21-23,26,29-31,39,48H,15-20H2,1-7H3,(H,46,47)(H,51,52);9-12,19-20,22-24,33,42H,8,13-18H2,1-6H3,(H,40,41). The van der Waals surface area contributed by atoms with E-state index in [0.717, 1.165) is 75.3 Å². The lowest BCUT2D eigenvalue weighted by atomic mass is 9.75. The van der Waals surface area contributed by atoms with Gasteiger partial charge in [0, 0.05) is 62.2 Å². The van der Waals surface area contributed by atoms with Gasteiger partial charge in [-0.15, -0.1) is 0 Å². The summed E-state index contributed by atoms with van der Waals surface area (Å²) in [5.41, 5.74) is 10.3. The van der Waals surface area contributed by atoms with E-state index in [1.807, 2.05) is 120 Å². The number of piperazine rings is 1. The predicted octanol–water partition coefficient (Wildman–Crippen LogP) is 17.2. The minimum atomic E-state index is -2.00. The monoisotopic (exact) mass is 1560 g/mol. The Morgan fingerprint density at radius 1 is 0.606 bits per heavy atom. The first kappa shape index (κ1) is 78.8. The molecule has 2 saturated carbocycles. The molecule has 6 unspecified atom stereocenters. The summed E-state index contributed by atoms with van der Waals surface area (Å²) in [6, 6.07) is 28.8. The van der Waals surface area contributed by atoms with Gasteiger partial charge in [-0.2, -0.15) is 8.42 Å². The van der Waals surface area contributed by atoms with Gasteiger partial charge >= 0.3 is 40.4 Å². The normalized spacial score (nSPS) is 20.8. The number of aromatic amines is 2. The van der Waals surface area contributed by atoms with Gasteiger partial charge in [0.15, 0.2) is 22.9 Å². The number of ether oxygens (including phenoxy) is 2. The molecule has 4 aliphatic rings. The highest BCUT2D eigenvalue weighted by Crippen LogP contribution is 2.46. The molecule has 24 nitrogen and oxygen atoms in total. The molecule has 9 aromatic rings. The van der Waals surface area contributed by atoms with Crippen LogP contribution >= 0.6 is 23.4 Å². The molecule has 4 aromatic heterocycles. The summed E-state index contributed by atoms with van der Waals surface area (Å²) >= 11 is 4.09. The number of H-pyrrole nitrogens is 2. The van der Waals surface area contributed by atoms with E-state index >= 15 is 0 Å². The van der Waals surface area contributed by atoms with Crippen LogP contribution in [0, 0.1) is 89.2 Å². The van der Waals surface area contributed by atoms with Crippen molar-refractivity contribution in [1.29, 1.82) is 0 Å². The molecule has 5 N–H and O–H groups in total. The van der Waals surface area contributed by atoms with E-state index in [-0.39, 0.29) is 80.7 Å². The predicted molar refractivity (Wildman–Crippen MR) is 428 cm³/mol. The van der Waals surface area contributed by atoms with Crippen molar-refractivity contribution in [3.05, 3.63) is 163 Å². The highest BCUT2D eigenvalue weighted by molar-refractivity contribution is 7.99. The van der Waals surface area contributed by atoms with Crippen LogP contribution in [0.1, 0.15) is 148 Å². The summed E-state index contributed by atoms with van der Waals surface area (Å²) < 4.78 is 60.6. The molecule has 5 aromatic carbocycles. The van der Waals surface area contributed by atoms with E-state index in [1.165, 1.54) is 16.3 Å². The molecule has 0 spiro atoms. The van der Waals surface area contributed by atoms with Gasteiger partial charge in [-0.3, -0.25) is 29.2 Å². The molecule has 109 heavy (non-hydrogen) atoms. The number of hydrogen-bond donors (Lipinski definition) is 5. The van der Waals surface area contributed by atoms with Gasteiger partial charge in [0.2, 0.25) is 17.3 Å². The highest BCUT2D eigenvalue weighted by atomic mass is 35.5. The van der Waals surface area contributed by atoms with E-state index in [0.29, 0.717) is 121 Å². The lowest BCUT2D eigenvalue weighted by Gasteiger charge is -2.37. The van der Waals surface area contributed by atoms with Crippen LogP contribution in [0.5, 0.6) is 11.5 Å². The Morgan fingerprint density at radius 2 is 1.06 bits per heavy atom. The third kappa shape index (κ3) is 17.3. The highest BCUT2D eigenvalue weighted by Gasteiger charge is 2.40. The number of aryl methyl sites for hydroxylation is 6. The van der Waals surface area contributed by atoms with Crippen molar-refractivity contribution >= 4 is 115 Å². The summed E-state index contributed by atoms with van der Waals surface area (Å²) in [7, 11) is 0. The van der Waals surface area contributed by atoms with Crippen LogP contribution in [0.15, 0.2) is 101 Å². The van der Waals surface area contributed by atoms with Gasteiger partial charge < -0.3 is 37.6 Å². The van der Waals surface area contributed by atoms with E-state index in [9.17, 15) is 32.7 Å². The zero-order chi connectivity index (χ0) is 78.0. The molecule has 6 atom stereocenters. The van der Waals surface area contributed by atoms with Crippen LogP contribution in [-0.2, 0) is 48.0 Å². The van der Waals surface area contributed by atoms with Gasteiger partial charge in [0.05, 0.1) is 41.8 Å². The Bertz CT molecular complexity index is 5070. The van der Waals surface area contributed by atoms with Crippen LogP contribution in [-0.4, -0.2) is 123 Å². The molecule has 28 heteroatoms. The Morgan fingerprint density at radius 3 is 1.57 bits per heavy atom. The third-order valence-electron chi connectivity index (χ3n) is 21.5. The largest absolute Gasteiger partial charge is 0.481 e. The first-order chi connectivity index (χ1) is 52.1. The molecular formula is C81H94ClN13O11S3. The number of esters is 2. The summed E-state index contributed by atoms with van der Waals surface area (Å²) in [5, 5.41) is 16.7. The third-order valence-corrected chi connectivity index (χ3v) is 24.5. The number of carbonyl (C=O) groups excluding carboxylic acids is 3. The fourth-order valence-electron chi connectivity index (χ4n) is 15.9. The second-order valence-electron chi connectivity index (χ2n) is 30.0. The van der Waals surface area contributed by atoms with E-state index in [4.69, 9.17) is 52.6 Å². The summed E-state index contributed by atoms with van der Waals surface area (Å²) in [6.45, 7) is 45.6. The Balaban J connectivity index is 0.000000205. The summed E-state index contributed by atoms with van der Waals surface area (Å²) in [6.07, 6.45) is 4.90. The number of carbonyl (C=O) groups is 4. The van der Waals surface area contributed by atoms with E-state index in [1.54, 1.807) is 22.4 Å². The molecule has 2 aliphatic heterocycles. The number of nitrogens with one attached hydrogen (secondary N) is 4. The number of hydrogen-bond acceptors (Lipinski definition) is 15. The number of carboxylic acids is 1. The molecular weight excluding hydrogens is 1460 g/mol. The van der Waals surface area contributed by atoms with E-state index in [2.05, 4.69) is 86.7 Å². The van der Waals surface area contributed by atoms with Crippen molar-refractivity contribution in [3.63, 3.8) is 0 Å². The number of amides is 1. The second kappa shape index (κ2) is 33.6. The molecule has 4 fully saturated rings. The van der Waals surface area contributed by atoms with Gasteiger partial charge in [0.25, 0.3) is 0 Å². The number of halogens is 1. The number of carboxylic acid groups (broad SMARTS) is 1. The zero-order valence-corrected chi connectivity index (χ0v) is 66.9. The van der Waals surface area contributed by atoms with Gasteiger partial charge in [0.1, 0.15) is 45.0 Å². The van der Waals surface area contributed by atoms with Crippen LogP contribution < -0.4 is 27.6 Å². The quantitative estimate of drug-likeness (QED) is 0.0351. The smallest absolute Gasteiger partial charge is 0.331 e. The second-order valence-corrected chi connectivity index (χ2v) is 33.1. The van der Waals surface area contributed by atoms with Gasteiger partial charge in [-0.05, 0) is 203 Å². The Hall–Kier alpha value is -9.80. The average molecular weight is 1560 g/mol. The Labute approximate surface area is 650 Å².